The van der Waals surface area contributed by atoms with Crippen molar-refractivity contribution in [3.63, 3.8) is 0 Å². The molecule has 0 bridgehead atoms. The third-order valence-electron chi connectivity index (χ3n) is 2.97. The average molecular weight is 336 g/mol. The van der Waals surface area contributed by atoms with E-state index in [1.54, 1.807) is 4.74 Å². The van der Waals surface area contributed by atoms with Gasteiger partial charge in [-0.15, -0.1) is 10.2 Å². The van der Waals surface area contributed by atoms with E-state index in [1.807, 2.05) is 55.6 Å². The van der Waals surface area contributed by atoms with Gasteiger partial charge >= 0.3 is 0 Å². The minimum Gasteiger partial charge on any atom is -0.236 e. The average Bonchev–Trinajstić information content (AvgIpc) is 2.89. The lowest BCUT2D eigenvalue weighted by atomic mass is 10.1. The van der Waals surface area contributed by atoms with E-state index < -0.39 is 10.2 Å². The Balaban J connectivity index is 0.000000338. The van der Waals surface area contributed by atoms with Gasteiger partial charge in [0.25, 0.3) is 5.69 Å². The first-order chi connectivity index (χ1) is 10.8. The van der Waals surface area contributed by atoms with Crippen LogP contribution in [-0.4, -0.2) is 0 Å². The number of aryl methyl sites for hydroxylation is 1. The van der Waals surface area contributed by atoms with E-state index in [2.05, 4.69) is 18.2 Å². The first kappa shape index (κ1) is 17.1. The maximum atomic E-state index is 8.49. The lowest BCUT2D eigenvalue weighted by molar-refractivity contribution is -2.00. The number of rotatable bonds is 2. The van der Waals surface area contributed by atoms with Crippen molar-refractivity contribution >= 4 is 0 Å². The van der Waals surface area contributed by atoms with Crippen molar-refractivity contribution in [3.05, 3.63) is 66.7 Å². The van der Waals surface area contributed by atoms with Crippen LogP contribution >= 0.6 is 0 Å². The topological polar surface area (TPSA) is 109 Å². The summed E-state index contributed by atoms with van der Waals surface area (Å²) in [6.45, 7) is 0. The molecule has 0 N–H and O–H groups in total. The summed E-state index contributed by atoms with van der Waals surface area (Å²) < 4.78 is 41.5. The van der Waals surface area contributed by atoms with Crippen LogP contribution in [0.25, 0.3) is 22.6 Å². The summed E-state index contributed by atoms with van der Waals surface area (Å²) in [4.78, 5) is 0. The summed E-state index contributed by atoms with van der Waals surface area (Å²) in [6, 6.07) is 22.5. The fraction of sp³-hybridized carbons (Fsp3) is 0.0625. The van der Waals surface area contributed by atoms with E-state index in [-0.39, 0.29) is 0 Å². The third-order valence-corrected chi connectivity index (χ3v) is 2.97. The van der Waals surface area contributed by atoms with Gasteiger partial charge in [0.15, 0.2) is 7.05 Å². The van der Waals surface area contributed by atoms with Crippen LogP contribution in [0, 0.1) is 10.2 Å². The Hall–Kier alpha value is -2.22. The third kappa shape index (κ3) is 5.48. The number of benzene rings is 2. The summed E-state index contributed by atoms with van der Waals surface area (Å²) in [5, 5.41) is 0. The van der Waals surface area contributed by atoms with Gasteiger partial charge in [-0.05, 0) is 16.9 Å². The predicted octanol–water partition coefficient (Wildman–Crippen LogP) is -1.32. The van der Waals surface area contributed by atoms with Crippen molar-refractivity contribution in [2.45, 2.75) is 0 Å². The standard InChI is InChI=1S/C16H14NO.ClHO4/c1-17-15(13-8-4-2-5-9-13)12-16(18-17)14-10-6-3-7-11-14;2-1(3,4)5/h2-12H,1H3;(H,2,3,4,5)/q+1;/p-1. The molecule has 0 spiro atoms. The maximum Gasteiger partial charge on any atom is 0.262 e. The molecule has 1 aromatic heterocycles. The Bertz CT molecular complexity index is 732. The number of nitrogens with zero attached hydrogens (tertiary/aromatic N) is 1. The van der Waals surface area contributed by atoms with Crippen molar-refractivity contribution in [1.82, 2.24) is 0 Å². The van der Waals surface area contributed by atoms with E-state index in [4.69, 9.17) is 23.2 Å². The molecule has 0 atom stereocenters. The van der Waals surface area contributed by atoms with E-state index in [0.717, 1.165) is 22.6 Å². The van der Waals surface area contributed by atoms with Crippen LogP contribution in [0.5, 0.6) is 0 Å². The highest BCUT2D eigenvalue weighted by atomic mass is 35.7. The Kier molecular flexibility index (Phi) is 5.49. The molecule has 0 amide bonds. The smallest absolute Gasteiger partial charge is 0.236 e. The van der Waals surface area contributed by atoms with Crippen molar-refractivity contribution in [2.24, 2.45) is 7.05 Å². The van der Waals surface area contributed by atoms with Gasteiger partial charge in [0.2, 0.25) is 5.76 Å². The summed E-state index contributed by atoms with van der Waals surface area (Å²) in [6.07, 6.45) is 0. The number of halogens is 1. The van der Waals surface area contributed by atoms with Gasteiger partial charge in [-0.3, -0.25) is 0 Å². The zero-order valence-electron chi connectivity index (χ0n) is 12.2. The van der Waals surface area contributed by atoms with Crippen LogP contribution in [0.2, 0.25) is 0 Å². The molecule has 0 fully saturated rings. The molecule has 0 radical (unpaired) electrons. The highest BCUT2D eigenvalue weighted by Crippen LogP contribution is 2.23. The van der Waals surface area contributed by atoms with Gasteiger partial charge in [0.05, 0.1) is 11.6 Å². The molecule has 3 rings (SSSR count). The second kappa shape index (κ2) is 7.36. The molecule has 0 aliphatic rings. The van der Waals surface area contributed by atoms with Gasteiger partial charge in [-0.1, -0.05) is 48.5 Å². The molecule has 0 saturated heterocycles. The summed E-state index contributed by atoms with van der Waals surface area (Å²) in [5.41, 5.74) is 3.33. The quantitative estimate of drug-likeness (QED) is 0.540. The summed E-state index contributed by atoms with van der Waals surface area (Å²) in [7, 11) is -3.02. The Morgan fingerprint density at radius 2 is 1.22 bits per heavy atom. The number of aromatic nitrogens is 1. The lowest BCUT2D eigenvalue weighted by Crippen LogP contribution is -2.68. The largest absolute Gasteiger partial charge is 0.262 e. The Morgan fingerprint density at radius 1 is 0.783 bits per heavy atom. The van der Waals surface area contributed by atoms with Gasteiger partial charge in [0.1, 0.15) is 0 Å². The summed E-state index contributed by atoms with van der Waals surface area (Å²) in [5.74, 6) is 0.886. The van der Waals surface area contributed by atoms with Gasteiger partial charge in [-0.2, -0.15) is 0 Å². The molecule has 7 heteroatoms. The highest BCUT2D eigenvalue weighted by Gasteiger charge is 2.18. The minimum atomic E-state index is -4.94. The molecule has 0 saturated carbocycles. The van der Waals surface area contributed by atoms with Crippen LogP contribution in [0.4, 0.5) is 0 Å². The van der Waals surface area contributed by atoms with Crippen molar-refractivity contribution in [2.75, 3.05) is 0 Å². The summed E-state index contributed by atoms with van der Waals surface area (Å²) >= 11 is 0. The monoisotopic (exact) mass is 335 g/mol. The zero-order chi connectivity index (χ0) is 16.9. The molecule has 0 aliphatic heterocycles. The van der Waals surface area contributed by atoms with E-state index in [0.29, 0.717) is 0 Å². The van der Waals surface area contributed by atoms with Crippen LogP contribution in [-0.2, 0) is 7.05 Å². The maximum absolute atomic E-state index is 8.49. The molecule has 23 heavy (non-hydrogen) atoms. The molecule has 0 unspecified atom stereocenters. The van der Waals surface area contributed by atoms with Gasteiger partial charge in [0, 0.05) is 5.56 Å². The first-order valence-electron chi connectivity index (χ1n) is 6.57. The van der Waals surface area contributed by atoms with E-state index in [9.17, 15) is 0 Å². The molecule has 2 aromatic carbocycles. The van der Waals surface area contributed by atoms with Crippen LogP contribution in [0.3, 0.4) is 0 Å². The van der Waals surface area contributed by atoms with E-state index in [1.165, 1.54) is 0 Å². The molecule has 6 nitrogen and oxygen atoms in total. The lowest BCUT2D eigenvalue weighted by Gasteiger charge is -2.17. The van der Waals surface area contributed by atoms with Crippen LogP contribution < -0.4 is 23.4 Å². The normalized spacial score (nSPS) is 10.8. The van der Waals surface area contributed by atoms with Crippen molar-refractivity contribution in [1.29, 1.82) is 0 Å². The zero-order valence-corrected chi connectivity index (χ0v) is 13.0. The first-order valence-corrected chi connectivity index (χ1v) is 7.81. The Labute approximate surface area is 135 Å². The second-order valence-electron chi connectivity index (χ2n) is 4.59. The highest BCUT2D eigenvalue weighted by molar-refractivity contribution is 5.64. The predicted molar refractivity (Wildman–Crippen MR) is 70.8 cm³/mol. The van der Waals surface area contributed by atoms with Gasteiger partial charge in [-0.25, -0.2) is 23.2 Å². The van der Waals surface area contributed by atoms with Crippen LogP contribution in [0.1, 0.15) is 0 Å². The molecule has 120 valence electrons. The SMILES string of the molecule is C[n+]1oc(-c2ccccc2)cc1-c1ccccc1.[O-][Cl+3]([O-])([O-])[O-]. The van der Waals surface area contributed by atoms with Crippen molar-refractivity contribution < 1.29 is 38.1 Å². The molecular weight excluding hydrogens is 322 g/mol. The molecule has 1 heterocycles. The fourth-order valence-corrected chi connectivity index (χ4v) is 2.05. The van der Waals surface area contributed by atoms with Crippen molar-refractivity contribution in [3.8, 4) is 22.6 Å². The molecule has 0 aliphatic carbocycles. The fourth-order valence-electron chi connectivity index (χ4n) is 2.05. The second-order valence-corrected chi connectivity index (χ2v) is 5.35. The molecule has 3 aromatic rings. The van der Waals surface area contributed by atoms with Gasteiger partial charge < -0.3 is 0 Å². The molecular formula is C16H14ClNO5. The number of hydrogen-bond acceptors (Lipinski definition) is 5. The Morgan fingerprint density at radius 3 is 1.70 bits per heavy atom. The van der Waals surface area contributed by atoms with Crippen LogP contribution in [0.15, 0.2) is 71.3 Å². The minimum absolute atomic E-state index is 0.886. The van der Waals surface area contributed by atoms with E-state index >= 15 is 0 Å². The number of hydrogen-bond donors (Lipinski definition) is 0.